The number of alkyl halides is 2. The predicted octanol–water partition coefficient (Wildman–Crippen LogP) is 7.77. The van der Waals surface area contributed by atoms with Gasteiger partial charge < -0.3 is 16.0 Å². The van der Waals surface area contributed by atoms with Gasteiger partial charge in [-0.2, -0.15) is 0 Å². The highest BCUT2D eigenvalue weighted by molar-refractivity contribution is 6.53. The molecule has 0 heterocycles. The quantitative estimate of drug-likeness (QED) is 0.243. The summed E-state index contributed by atoms with van der Waals surface area (Å²) in [4.78, 5) is 37.4. The summed E-state index contributed by atoms with van der Waals surface area (Å²) in [5, 5.41) is 9.25. The van der Waals surface area contributed by atoms with Crippen LogP contribution in [0, 0.1) is 5.92 Å². The number of hydrogen-bond donors (Lipinski definition) is 3. The van der Waals surface area contributed by atoms with Crippen molar-refractivity contribution in [3.8, 4) is 0 Å². The van der Waals surface area contributed by atoms with Crippen molar-refractivity contribution in [3.63, 3.8) is 0 Å². The topological polar surface area (TPSA) is 87.3 Å². The van der Waals surface area contributed by atoms with Crippen molar-refractivity contribution >= 4 is 92.8 Å². The Hall–Kier alpha value is -2.48. The molecule has 3 amide bonds. The van der Waals surface area contributed by atoms with E-state index in [2.05, 4.69) is 16.0 Å². The van der Waals surface area contributed by atoms with E-state index >= 15 is 0 Å². The number of rotatable bonds is 7. The zero-order valence-electron chi connectivity index (χ0n) is 19.2. The van der Waals surface area contributed by atoms with Gasteiger partial charge in [-0.15, -0.1) is 23.2 Å². The van der Waals surface area contributed by atoms with Crippen LogP contribution in [0.2, 0.25) is 15.1 Å². The van der Waals surface area contributed by atoms with Crippen LogP contribution in [0.15, 0.2) is 60.7 Å². The van der Waals surface area contributed by atoms with Gasteiger partial charge in [0.2, 0.25) is 11.8 Å². The van der Waals surface area contributed by atoms with Gasteiger partial charge in [0, 0.05) is 39.4 Å². The average Bonchev–Trinajstić information content (AvgIpc) is 3.42. The van der Waals surface area contributed by atoms with Gasteiger partial charge in [0.05, 0.1) is 16.5 Å². The molecule has 11 heteroatoms. The van der Waals surface area contributed by atoms with Crippen LogP contribution in [0.1, 0.15) is 35.2 Å². The first kappa shape index (κ1) is 27.6. The Labute approximate surface area is 238 Å². The van der Waals surface area contributed by atoms with E-state index in [1.165, 1.54) is 12.1 Å². The van der Waals surface area contributed by atoms with E-state index in [9.17, 15) is 14.4 Å². The zero-order chi connectivity index (χ0) is 26.9. The first-order valence-corrected chi connectivity index (χ1v) is 13.0. The first-order valence-electron chi connectivity index (χ1n) is 11.1. The molecule has 1 aliphatic carbocycles. The zero-order valence-corrected chi connectivity index (χ0v) is 23.0. The maximum absolute atomic E-state index is 13.0. The molecule has 3 N–H and O–H groups in total. The van der Waals surface area contributed by atoms with Gasteiger partial charge in [0.25, 0.3) is 5.91 Å². The molecule has 0 aliphatic heterocycles. The fourth-order valence-corrected chi connectivity index (χ4v) is 5.48. The second-order valence-electron chi connectivity index (χ2n) is 8.45. The number of anilines is 3. The highest BCUT2D eigenvalue weighted by Gasteiger charge is 2.67. The van der Waals surface area contributed by atoms with Gasteiger partial charge in [-0.25, -0.2) is 0 Å². The highest BCUT2D eigenvalue weighted by Crippen LogP contribution is 2.65. The van der Waals surface area contributed by atoms with Gasteiger partial charge in [-0.05, 0) is 66.2 Å². The summed E-state index contributed by atoms with van der Waals surface area (Å²) in [6.07, 6.45) is 0.358. The van der Waals surface area contributed by atoms with Crippen molar-refractivity contribution < 1.29 is 14.4 Å². The first-order chi connectivity index (χ1) is 17.5. The summed E-state index contributed by atoms with van der Waals surface area (Å²) in [6, 6.07) is 16.1. The third kappa shape index (κ3) is 6.33. The third-order valence-electron chi connectivity index (χ3n) is 5.81. The highest BCUT2D eigenvalue weighted by atomic mass is 35.5. The Morgan fingerprint density at radius 1 is 0.784 bits per heavy atom. The number of nitrogens with one attached hydrogen (secondary N) is 3. The minimum atomic E-state index is -1.34. The summed E-state index contributed by atoms with van der Waals surface area (Å²) in [5.41, 5.74) is 2.26. The number of hydrogen-bond acceptors (Lipinski definition) is 3. The number of benzene rings is 3. The second-order valence-corrected chi connectivity index (χ2v) is 11.2. The van der Waals surface area contributed by atoms with E-state index in [4.69, 9.17) is 58.0 Å². The van der Waals surface area contributed by atoms with Crippen LogP contribution in [0.5, 0.6) is 0 Å². The van der Waals surface area contributed by atoms with Crippen LogP contribution in [0.3, 0.4) is 0 Å². The summed E-state index contributed by atoms with van der Waals surface area (Å²) in [5.74, 6) is -2.29. The van der Waals surface area contributed by atoms with Gasteiger partial charge in [-0.3, -0.25) is 14.4 Å². The molecule has 0 aromatic heterocycles. The minimum Gasteiger partial charge on any atom is -0.326 e. The third-order valence-corrected chi connectivity index (χ3v) is 7.51. The summed E-state index contributed by atoms with van der Waals surface area (Å²) < 4.78 is -1.34. The Bertz CT molecular complexity index is 1360. The molecule has 0 spiro atoms. The van der Waals surface area contributed by atoms with Crippen LogP contribution in [-0.2, 0) is 9.59 Å². The van der Waals surface area contributed by atoms with Crippen molar-refractivity contribution in [2.24, 2.45) is 5.92 Å². The predicted molar refractivity (Wildman–Crippen MR) is 151 cm³/mol. The molecule has 3 aromatic carbocycles. The van der Waals surface area contributed by atoms with Crippen molar-refractivity contribution in [1.82, 2.24) is 0 Å². The lowest BCUT2D eigenvalue weighted by Gasteiger charge is -2.11. The normalized spacial score (nSPS) is 17.6. The lowest BCUT2D eigenvalue weighted by atomic mass is 10.1. The van der Waals surface area contributed by atoms with Crippen LogP contribution in [0.25, 0.3) is 0 Å². The SMILES string of the molecule is CCC(=O)Nc1ccc(NC(=O)c2cc(NC(=O)C3C(c4cc(Cl)cc(Cl)c4)C3(Cl)Cl)ccc2Cl)cc1. The van der Waals surface area contributed by atoms with E-state index < -0.39 is 28.0 Å². The smallest absolute Gasteiger partial charge is 0.257 e. The van der Waals surface area contributed by atoms with E-state index in [1.54, 1.807) is 55.5 Å². The van der Waals surface area contributed by atoms with Crippen molar-refractivity contribution in [2.75, 3.05) is 16.0 Å². The lowest BCUT2D eigenvalue weighted by Crippen LogP contribution is -2.18. The van der Waals surface area contributed by atoms with Crippen LogP contribution >= 0.6 is 58.0 Å². The molecule has 1 fully saturated rings. The Balaban J connectivity index is 1.45. The molecule has 6 nitrogen and oxygen atoms in total. The largest absolute Gasteiger partial charge is 0.326 e. The van der Waals surface area contributed by atoms with E-state index in [1.807, 2.05) is 0 Å². The lowest BCUT2D eigenvalue weighted by molar-refractivity contribution is -0.117. The van der Waals surface area contributed by atoms with E-state index in [0.717, 1.165) is 0 Å². The minimum absolute atomic E-state index is 0.114. The van der Waals surface area contributed by atoms with E-state index in [-0.39, 0.29) is 16.5 Å². The molecule has 4 rings (SSSR count). The molecular weight excluding hydrogens is 580 g/mol. The molecule has 1 aliphatic rings. The standard InChI is InChI=1S/C26H20Cl5N3O3/c1-2-21(35)32-16-3-5-17(6-4-16)33-24(36)19-12-18(7-8-20(19)29)34-25(37)23-22(26(23,30)31)13-9-14(27)11-15(28)10-13/h3-12,22-23H,2H2,1H3,(H,32,35)(H,33,36)(H,34,37). The summed E-state index contributed by atoms with van der Waals surface area (Å²) >= 11 is 31.3. The van der Waals surface area contributed by atoms with E-state index in [0.29, 0.717) is 39.1 Å². The van der Waals surface area contributed by atoms with Gasteiger partial charge in [0.1, 0.15) is 4.33 Å². The molecule has 0 bridgehead atoms. The molecule has 37 heavy (non-hydrogen) atoms. The maximum atomic E-state index is 13.0. The second kappa shape index (κ2) is 11.1. The van der Waals surface area contributed by atoms with Crippen LogP contribution < -0.4 is 16.0 Å². The molecular formula is C26H20Cl5N3O3. The molecule has 3 aromatic rings. The average molecular weight is 600 g/mol. The van der Waals surface area contributed by atoms with Crippen LogP contribution in [0.4, 0.5) is 17.1 Å². The number of carbonyl (C=O) groups excluding carboxylic acids is 3. The fourth-order valence-electron chi connectivity index (χ4n) is 3.90. The van der Waals surface area contributed by atoms with Crippen molar-refractivity contribution in [3.05, 3.63) is 86.9 Å². The number of halogens is 5. The Kier molecular flexibility index (Phi) is 8.26. The molecule has 0 saturated heterocycles. The number of carbonyl (C=O) groups is 3. The maximum Gasteiger partial charge on any atom is 0.257 e. The van der Waals surface area contributed by atoms with Crippen LogP contribution in [-0.4, -0.2) is 22.1 Å². The number of amides is 3. The van der Waals surface area contributed by atoms with Crippen molar-refractivity contribution in [2.45, 2.75) is 23.6 Å². The molecule has 1 saturated carbocycles. The molecule has 2 unspecified atom stereocenters. The monoisotopic (exact) mass is 597 g/mol. The van der Waals surface area contributed by atoms with Gasteiger partial charge >= 0.3 is 0 Å². The van der Waals surface area contributed by atoms with Gasteiger partial charge in [0.15, 0.2) is 0 Å². The van der Waals surface area contributed by atoms with Gasteiger partial charge in [-0.1, -0.05) is 41.7 Å². The molecule has 2 atom stereocenters. The molecule has 192 valence electrons. The fraction of sp³-hybridized carbons (Fsp3) is 0.192. The Morgan fingerprint density at radius 3 is 1.95 bits per heavy atom. The summed E-state index contributed by atoms with van der Waals surface area (Å²) in [7, 11) is 0. The summed E-state index contributed by atoms with van der Waals surface area (Å²) in [6.45, 7) is 1.75. The molecule has 0 radical (unpaired) electrons. The van der Waals surface area contributed by atoms with Crippen molar-refractivity contribution in [1.29, 1.82) is 0 Å². The Morgan fingerprint density at radius 2 is 1.35 bits per heavy atom.